The fraction of sp³-hybridized carbons (Fsp3) is 0.333. The Hall–Kier alpha value is -1.76. The largest absolute Gasteiger partial charge is 0.383 e. The maximum atomic E-state index is 3.57. The van der Waals surface area contributed by atoms with Gasteiger partial charge in [0.1, 0.15) is 0 Å². The molecule has 0 aliphatic rings. The van der Waals surface area contributed by atoms with E-state index in [0.29, 0.717) is 6.04 Å². The Balaban J connectivity index is 2.00. The summed E-state index contributed by atoms with van der Waals surface area (Å²) in [5.41, 5.74) is 2.78. The van der Waals surface area contributed by atoms with Crippen LogP contribution in [0.5, 0.6) is 0 Å². The average Bonchev–Trinajstić information content (AvgIpc) is 2.40. The zero-order valence-corrected chi connectivity index (χ0v) is 12.1. The number of hydrogen-bond acceptors (Lipinski definition) is 1. The van der Waals surface area contributed by atoms with E-state index in [2.05, 4.69) is 80.7 Å². The molecule has 0 fully saturated rings. The predicted octanol–water partition coefficient (Wildman–Crippen LogP) is 4.85. The summed E-state index contributed by atoms with van der Waals surface area (Å²) in [5.74, 6) is 0. The number of anilines is 1. The molecule has 0 heterocycles. The predicted molar refractivity (Wildman–Crippen MR) is 83.6 cm³/mol. The molecular formula is C18H23N. The molecule has 19 heavy (non-hydrogen) atoms. The maximum Gasteiger partial charge on any atom is 0.0342 e. The zero-order chi connectivity index (χ0) is 13.7. The molecule has 0 aromatic heterocycles. The van der Waals surface area contributed by atoms with Crippen LogP contribution in [0.1, 0.15) is 32.8 Å². The van der Waals surface area contributed by atoms with E-state index in [1.807, 2.05) is 6.07 Å². The molecule has 1 unspecified atom stereocenters. The molecular weight excluding hydrogens is 230 g/mol. The molecule has 2 rings (SSSR count). The Bertz CT molecular complexity index is 488. The van der Waals surface area contributed by atoms with E-state index in [1.165, 1.54) is 11.3 Å². The van der Waals surface area contributed by atoms with Crippen LogP contribution in [0.25, 0.3) is 0 Å². The van der Waals surface area contributed by atoms with Gasteiger partial charge in [-0.1, -0.05) is 62.4 Å². The molecule has 0 aliphatic heterocycles. The SMILES string of the molecule is CC(CC(C)(C)c1ccccc1)Nc1ccccc1. The summed E-state index contributed by atoms with van der Waals surface area (Å²) >= 11 is 0. The molecule has 0 aliphatic carbocycles. The molecule has 1 N–H and O–H groups in total. The summed E-state index contributed by atoms with van der Waals surface area (Å²) in [5, 5.41) is 3.57. The molecule has 100 valence electrons. The first-order valence-electron chi connectivity index (χ1n) is 6.95. The number of nitrogens with one attached hydrogen (secondary N) is 1. The van der Waals surface area contributed by atoms with Crippen molar-refractivity contribution in [3.8, 4) is 0 Å². The van der Waals surface area contributed by atoms with Crippen molar-refractivity contribution < 1.29 is 0 Å². The lowest BCUT2D eigenvalue weighted by Gasteiger charge is -2.29. The van der Waals surface area contributed by atoms with Crippen LogP contribution in [0.2, 0.25) is 0 Å². The zero-order valence-electron chi connectivity index (χ0n) is 12.1. The number of benzene rings is 2. The minimum absolute atomic E-state index is 0.183. The first-order valence-corrected chi connectivity index (χ1v) is 6.95. The molecule has 0 spiro atoms. The van der Waals surface area contributed by atoms with Gasteiger partial charge in [-0.2, -0.15) is 0 Å². The van der Waals surface area contributed by atoms with E-state index in [0.717, 1.165) is 6.42 Å². The highest BCUT2D eigenvalue weighted by Gasteiger charge is 2.22. The minimum atomic E-state index is 0.183. The smallest absolute Gasteiger partial charge is 0.0342 e. The van der Waals surface area contributed by atoms with Gasteiger partial charge in [0.2, 0.25) is 0 Å². The highest BCUT2D eigenvalue weighted by atomic mass is 14.9. The molecule has 0 saturated carbocycles. The van der Waals surface area contributed by atoms with Crippen molar-refractivity contribution in [1.82, 2.24) is 0 Å². The Labute approximate surface area is 116 Å². The third-order valence-electron chi connectivity index (χ3n) is 3.56. The van der Waals surface area contributed by atoms with Crippen molar-refractivity contribution >= 4 is 5.69 Å². The summed E-state index contributed by atoms with van der Waals surface area (Å²) in [4.78, 5) is 0. The monoisotopic (exact) mass is 253 g/mol. The Kier molecular flexibility index (Phi) is 4.26. The summed E-state index contributed by atoms with van der Waals surface area (Å²) in [6.07, 6.45) is 1.10. The van der Waals surface area contributed by atoms with Crippen LogP contribution in [0.4, 0.5) is 5.69 Å². The fourth-order valence-electron chi connectivity index (χ4n) is 2.64. The van der Waals surface area contributed by atoms with Crippen molar-refractivity contribution in [3.05, 3.63) is 66.2 Å². The Morgan fingerprint density at radius 1 is 0.895 bits per heavy atom. The van der Waals surface area contributed by atoms with E-state index < -0.39 is 0 Å². The van der Waals surface area contributed by atoms with Gasteiger partial charge in [0.05, 0.1) is 0 Å². The second kappa shape index (κ2) is 5.92. The lowest BCUT2D eigenvalue weighted by Crippen LogP contribution is -2.27. The third kappa shape index (κ3) is 3.85. The second-order valence-corrected chi connectivity index (χ2v) is 5.87. The van der Waals surface area contributed by atoms with E-state index in [9.17, 15) is 0 Å². The third-order valence-corrected chi connectivity index (χ3v) is 3.56. The summed E-state index contributed by atoms with van der Waals surface area (Å²) < 4.78 is 0. The fourth-order valence-corrected chi connectivity index (χ4v) is 2.64. The number of rotatable bonds is 5. The first-order chi connectivity index (χ1) is 9.08. The molecule has 1 nitrogen and oxygen atoms in total. The van der Waals surface area contributed by atoms with Crippen LogP contribution in [-0.2, 0) is 5.41 Å². The lowest BCUT2D eigenvalue weighted by atomic mass is 9.79. The van der Waals surface area contributed by atoms with Gasteiger partial charge in [-0.25, -0.2) is 0 Å². The highest BCUT2D eigenvalue weighted by Crippen LogP contribution is 2.29. The van der Waals surface area contributed by atoms with E-state index in [-0.39, 0.29) is 5.41 Å². The van der Waals surface area contributed by atoms with Gasteiger partial charge in [0.25, 0.3) is 0 Å². The second-order valence-electron chi connectivity index (χ2n) is 5.87. The van der Waals surface area contributed by atoms with Crippen LogP contribution < -0.4 is 5.32 Å². The van der Waals surface area contributed by atoms with Gasteiger partial charge in [-0.15, -0.1) is 0 Å². The van der Waals surface area contributed by atoms with Gasteiger partial charge < -0.3 is 5.32 Å². The molecule has 2 aromatic rings. The van der Waals surface area contributed by atoms with Gasteiger partial charge in [-0.3, -0.25) is 0 Å². The van der Waals surface area contributed by atoms with Crippen LogP contribution >= 0.6 is 0 Å². The van der Waals surface area contributed by atoms with Crippen molar-refractivity contribution in [1.29, 1.82) is 0 Å². The summed E-state index contributed by atoms with van der Waals surface area (Å²) in [6.45, 7) is 6.87. The molecule has 0 radical (unpaired) electrons. The normalized spacial score (nSPS) is 13.0. The summed E-state index contributed by atoms with van der Waals surface area (Å²) in [7, 11) is 0. The summed E-state index contributed by atoms with van der Waals surface area (Å²) in [6, 6.07) is 21.6. The van der Waals surface area contributed by atoms with E-state index >= 15 is 0 Å². The Morgan fingerprint density at radius 2 is 1.42 bits per heavy atom. The number of hydrogen-bond donors (Lipinski definition) is 1. The van der Waals surface area contributed by atoms with E-state index in [1.54, 1.807) is 0 Å². The first kappa shape index (κ1) is 13.7. The number of para-hydroxylation sites is 1. The molecule has 0 amide bonds. The molecule has 2 aromatic carbocycles. The minimum Gasteiger partial charge on any atom is -0.383 e. The van der Waals surface area contributed by atoms with E-state index in [4.69, 9.17) is 0 Å². The van der Waals surface area contributed by atoms with Gasteiger partial charge in [0.15, 0.2) is 0 Å². The lowest BCUT2D eigenvalue weighted by molar-refractivity contribution is 0.450. The quantitative estimate of drug-likeness (QED) is 0.802. The van der Waals surface area contributed by atoms with Crippen LogP contribution in [0.15, 0.2) is 60.7 Å². The molecule has 0 saturated heterocycles. The molecule has 1 heteroatoms. The topological polar surface area (TPSA) is 12.0 Å². The van der Waals surface area contributed by atoms with Gasteiger partial charge >= 0.3 is 0 Å². The van der Waals surface area contributed by atoms with Crippen molar-refractivity contribution in [2.45, 2.75) is 38.6 Å². The molecule has 0 bridgehead atoms. The van der Waals surface area contributed by atoms with Crippen LogP contribution in [-0.4, -0.2) is 6.04 Å². The maximum absolute atomic E-state index is 3.57. The van der Waals surface area contributed by atoms with Crippen molar-refractivity contribution in [3.63, 3.8) is 0 Å². The van der Waals surface area contributed by atoms with Crippen LogP contribution in [0, 0.1) is 0 Å². The average molecular weight is 253 g/mol. The Morgan fingerprint density at radius 3 is 2.00 bits per heavy atom. The van der Waals surface area contributed by atoms with Crippen molar-refractivity contribution in [2.75, 3.05) is 5.32 Å². The van der Waals surface area contributed by atoms with Crippen LogP contribution in [0.3, 0.4) is 0 Å². The highest BCUT2D eigenvalue weighted by molar-refractivity contribution is 5.43. The van der Waals surface area contributed by atoms with Gasteiger partial charge in [-0.05, 0) is 36.5 Å². The standard InChI is InChI=1S/C18H23N/c1-15(19-17-12-8-5-9-13-17)14-18(2,3)16-10-6-4-7-11-16/h4-13,15,19H,14H2,1-3H3. The van der Waals surface area contributed by atoms with Crippen molar-refractivity contribution in [2.24, 2.45) is 0 Å². The van der Waals surface area contributed by atoms with Gasteiger partial charge in [0, 0.05) is 11.7 Å². The molecule has 1 atom stereocenters.